The van der Waals surface area contributed by atoms with Crippen molar-refractivity contribution in [1.82, 2.24) is 4.90 Å². The van der Waals surface area contributed by atoms with Crippen LogP contribution in [0.1, 0.15) is 25.0 Å². The van der Waals surface area contributed by atoms with E-state index in [0.29, 0.717) is 5.11 Å². The minimum Gasteiger partial charge on any atom is -0.486 e. The van der Waals surface area contributed by atoms with E-state index in [0.717, 1.165) is 17.9 Å². The minimum atomic E-state index is -0.127. The van der Waals surface area contributed by atoms with Crippen molar-refractivity contribution in [3.63, 3.8) is 0 Å². The number of rotatable bonds is 4. The Hall–Kier alpha value is -1.49. The van der Waals surface area contributed by atoms with Crippen LogP contribution in [0.5, 0.6) is 5.75 Å². The lowest BCUT2D eigenvalue weighted by molar-refractivity contribution is 0.132. The first-order valence-corrected chi connectivity index (χ1v) is 6.89. The molecule has 0 aromatic heterocycles. The van der Waals surface area contributed by atoms with Gasteiger partial charge in [-0.3, -0.25) is 0 Å². The van der Waals surface area contributed by atoms with Gasteiger partial charge >= 0.3 is 0 Å². The van der Waals surface area contributed by atoms with Crippen molar-refractivity contribution in [2.75, 3.05) is 6.54 Å². The highest BCUT2D eigenvalue weighted by molar-refractivity contribution is 7.80. The molecule has 0 aliphatic carbocycles. The topological polar surface area (TPSA) is 37.2 Å². The van der Waals surface area contributed by atoms with E-state index in [9.17, 15) is 0 Å². The van der Waals surface area contributed by atoms with Crippen LogP contribution in [0, 0.1) is 13.8 Å². The molecule has 0 radical (unpaired) electrons. The van der Waals surface area contributed by atoms with Crippen molar-refractivity contribution in [2.24, 2.45) is 10.2 Å². The fraction of sp³-hybridized carbons (Fsp3) is 0.500. The van der Waals surface area contributed by atoms with Crippen LogP contribution in [0.2, 0.25) is 0 Å². The number of nitrogens with zero attached hydrogens (tertiary/aromatic N) is 3. The molecule has 0 saturated heterocycles. The number of hydrogen-bond acceptors (Lipinski definition) is 3. The van der Waals surface area contributed by atoms with E-state index in [1.54, 1.807) is 0 Å². The zero-order valence-corrected chi connectivity index (χ0v) is 12.6. The molecule has 0 saturated carbocycles. The van der Waals surface area contributed by atoms with Gasteiger partial charge in [-0.05, 0) is 51.5 Å². The maximum atomic E-state index is 6.01. The molecule has 0 bridgehead atoms. The number of azo groups is 1. The summed E-state index contributed by atoms with van der Waals surface area (Å²) in [7, 11) is 0. The van der Waals surface area contributed by atoms with Gasteiger partial charge < -0.3 is 9.64 Å². The molecule has 1 heterocycles. The number of likely N-dealkylation sites (N-methyl/N-ethyl adjacent to an activating group) is 1. The van der Waals surface area contributed by atoms with Crippen molar-refractivity contribution in [1.29, 1.82) is 0 Å². The van der Waals surface area contributed by atoms with E-state index in [4.69, 9.17) is 17.0 Å². The van der Waals surface area contributed by atoms with Crippen LogP contribution in [-0.2, 0) is 0 Å². The molecular formula is C14H19N3OS. The predicted molar refractivity (Wildman–Crippen MR) is 79.6 cm³/mol. The first kappa shape index (κ1) is 13.9. The molecule has 0 amide bonds. The van der Waals surface area contributed by atoms with E-state index in [1.807, 2.05) is 37.8 Å². The van der Waals surface area contributed by atoms with Crippen molar-refractivity contribution < 1.29 is 4.74 Å². The summed E-state index contributed by atoms with van der Waals surface area (Å²) in [6, 6.07) is 6.16. The molecule has 0 spiro atoms. The summed E-state index contributed by atoms with van der Waals surface area (Å²) in [4.78, 5) is 1.98. The maximum absolute atomic E-state index is 6.01. The Kier molecular flexibility index (Phi) is 4.14. The second-order valence-corrected chi connectivity index (χ2v) is 5.15. The molecule has 1 aliphatic heterocycles. The number of benzene rings is 1. The molecule has 4 nitrogen and oxygen atoms in total. The Balaban J connectivity index is 2.11. The molecule has 19 heavy (non-hydrogen) atoms. The quantitative estimate of drug-likeness (QED) is 0.791. The van der Waals surface area contributed by atoms with Crippen molar-refractivity contribution in [3.8, 4) is 5.75 Å². The van der Waals surface area contributed by atoms with Gasteiger partial charge in [0.1, 0.15) is 11.9 Å². The Morgan fingerprint density at radius 1 is 1.42 bits per heavy atom. The van der Waals surface area contributed by atoms with E-state index < -0.39 is 0 Å². The second kappa shape index (κ2) is 5.65. The second-order valence-electron chi connectivity index (χ2n) is 4.79. The number of ether oxygens (including phenoxy) is 1. The molecule has 1 aromatic carbocycles. The van der Waals surface area contributed by atoms with Crippen molar-refractivity contribution >= 4 is 17.3 Å². The lowest BCUT2D eigenvalue weighted by Crippen LogP contribution is -2.42. The summed E-state index contributed by atoms with van der Waals surface area (Å²) in [5.41, 5.74) is 2.36. The third-order valence-corrected chi connectivity index (χ3v) is 3.55. The van der Waals surface area contributed by atoms with Crippen LogP contribution in [0.4, 0.5) is 0 Å². The molecule has 2 unspecified atom stereocenters. The Morgan fingerprint density at radius 2 is 2.16 bits per heavy atom. The van der Waals surface area contributed by atoms with Gasteiger partial charge in [-0.2, -0.15) is 5.11 Å². The van der Waals surface area contributed by atoms with Gasteiger partial charge in [0.05, 0.1) is 0 Å². The first-order chi connectivity index (χ1) is 9.02. The summed E-state index contributed by atoms with van der Waals surface area (Å²) in [6.45, 7) is 8.95. The number of aryl methyl sites for hydroxylation is 2. The van der Waals surface area contributed by atoms with Crippen LogP contribution in [0.3, 0.4) is 0 Å². The monoisotopic (exact) mass is 277 g/mol. The van der Waals surface area contributed by atoms with Gasteiger partial charge in [-0.1, -0.05) is 17.7 Å². The minimum absolute atomic E-state index is 0.0921. The van der Waals surface area contributed by atoms with Crippen LogP contribution < -0.4 is 4.74 Å². The fourth-order valence-corrected chi connectivity index (χ4v) is 2.49. The van der Waals surface area contributed by atoms with Crippen LogP contribution in [-0.4, -0.2) is 28.8 Å². The summed E-state index contributed by atoms with van der Waals surface area (Å²) in [5, 5.41) is 8.71. The third-order valence-electron chi connectivity index (χ3n) is 3.23. The summed E-state index contributed by atoms with van der Waals surface area (Å²) in [6.07, 6.45) is -0.219. The van der Waals surface area contributed by atoms with Crippen molar-refractivity contribution in [2.45, 2.75) is 40.0 Å². The summed E-state index contributed by atoms with van der Waals surface area (Å²) < 4.78 is 6.01. The summed E-state index contributed by atoms with van der Waals surface area (Å²) in [5.74, 6) is 0.891. The number of hydrogen-bond donors (Lipinski definition) is 0. The van der Waals surface area contributed by atoms with Crippen molar-refractivity contribution in [3.05, 3.63) is 29.3 Å². The van der Waals surface area contributed by atoms with Gasteiger partial charge in [0.15, 0.2) is 6.17 Å². The van der Waals surface area contributed by atoms with E-state index in [1.165, 1.54) is 5.56 Å². The zero-order valence-electron chi connectivity index (χ0n) is 11.8. The van der Waals surface area contributed by atoms with Crippen LogP contribution in [0.25, 0.3) is 0 Å². The first-order valence-electron chi connectivity index (χ1n) is 6.48. The lowest BCUT2D eigenvalue weighted by Gasteiger charge is -2.27. The van der Waals surface area contributed by atoms with Crippen LogP contribution in [0.15, 0.2) is 28.4 Å². The lowest BCUT2D eigenvalue weighted by atomic mass is 10.1. The molecule has 1 aromatic rings. The molecule has 0 fully saturated rings. The molecule has 2 atom stereocenters. The molecule has 102 valence electrons. The Morgan fingerprint density at radius 3 is 2.79 bits per heavy atom. The fourth-order valence-electron chi connectivity index (χ4n) is 2.20. The Bertz CT molecular complexity index is 515. The normalized spacial score (nSPS) is 19.9. The molecule has 0 N–H and O–H groups in total. The van der Waals surface area contributed by atoms with E-state index in [2.05, 4.69) is 23.2 Å². The predicted octanol–water partition coefficient (Wildman–Crippen LogP) is 3.47. The highest BCUT2D eigenvalue weighted by Crippen LogP contribution is 2.24. The molecule has 1 aliphatic rings. The molecule has 5 heteroatoms. The SMILES string of the molecule is CCN1C(=S)N=NC1C(C)Oc1ccc(C)cc1C. The summed E-state index contributed by atoms with van der Waals surface area (Å²) >= 11 is 5.15. The highest BCUT2D eigenvalue weighted by Gasteiger charge is 2.31. The number of thiocarbonyl (C=S) groups is 1. The van der Waals surface area contributed by atoms with Gasteiger partial charge in [-0.25, -0.2) is 0 Å². The maximum Gasteiger partial charge on any atom is 0.217 e. The van der Waals surface area contributed by atoms with Gasteiger partial charge in [-0.15, -0.1) is 5.11 Å². The van der Waals surface area contributed by atoms with Gasteiger partial charge in [0, 0.05) is 6.54 Å². The van der Waals surface area contributed by atoms with Crippen LogP contribution >= 0.6 is 12.2 Å². The highest BCUT2D eigenvalue weighted by atomic mass is 32.1. The van der Waals surface area contributed by atoms with Gasteiger partial charge in [0.2, 0.25) is 5.11 Å². The van der Waals surface area contributed by atoms with E-state index >= 15 is 0 Å². The van der Waals surface area contributed by atoms with Gasteiger partial charge in [0.25, 0.3) is 0 Å². The standard InChI is InChI=1S/C14H19N3OS/c1-5-17-13(15-16-14(17)19)11(4)18-12-7-6-9(2)8-10(12)3/h6-8,11,13H,5H2,1-4H3. The molecular weight excluding hydrogens is 258 g/mol. The van der Waals surface area contributed by atoms with E-state index in [-0.39, 0.29) is 12.3 Å². The molecule has 2 rings (SSSR count). The average molecular weight is 277 g/mol. The zero-order chi connectivity index (χ0) is 14.0. The third kappa shape index (κ3) is 2.92. The Labute approximate surface area is 119 Å². The smallest absolute Gasteiger partial charge is 0.217 e. The largest absolute Gasteiger partial charge is 0.486 e. The average Bonchev–Trinajstić information content (AvgIpc) is 2.74.